The Morgan fingerprint density at radius 2 is 1.90 bits per heavy atom. The van der Waals surface area contributed by atoms with Gasteiger partial charge in [-0.25, -0.2) is 15.0 Å². The van der Waals surface area contributed by atoms with Gasteiger partial charge in [0.05, 0.1) is 34.5 Å². The van der Waals surface area contributed by atoms with Crippen LogP contribution in [0, 0.1) is 0 Å². The number of fused-ring (bicyclic) bond motifs is 1. The smallest absolute Gasteiger partial charge is 0.456 e. The fraction of sp³-hybridized carbons (Fsp3) is 0.333. The maximum absolute atomic E-state index is 12.9. The van der Waals surface area contributed by atoms with Crippen LogP contribution in [-0.4, -0.2) is 53.2 Å². The molecule has 3 aromatic heterocycles. The van der Waals surface area contributed by atoms with Crippen molar-refractivity contribution < 1.29 is 30.9 Å². The molecule has 3 heterocycles. The Balaban J connectivity index is 1.95. The van der Waals surface area contributed by atoms with Crippen LogP contribution in [0.25, 0.3) is 16.9 Å². The van der Waals surface area contributed by atoms with Gasteiger partial charge >= 0.3 is 12.1 Å². The molecule has 0 radical (unpaired) electrons. The molecule has 0 aliphatic heterocycles. The van der Waals surface area contributed by atoms with Crippen LogP contribution in [-0.2, 0) is 10.8 Å². The Bertz CT molecular complexity index is 1050. The lowest BCUT2D eigenvalue weighted by atomic mass is 10.2. The van der Waals surface area contributed by atoms with Crippen molar-refractivity contribution in [3.8, 4) is 17.1 Å². The van der Waals surface area contributed by atoms with Gasteiger partial charge in [0.25, 0.3) is 0 Å². The molecule has 2 N–H and O–H groups in total. The van der Waals surface area contributed by atoms with Gasteiger partial charge in [-0.05, 0) is 6.07 Å². The van der Waals surface area contributed by atoms with E-state index in [1.807, 2.05) is 0 Å². The van der Waals surface area contributed by atoms with Crippen molar-refractivity contribution in [1.82, 2.24) is 24.6 Å². The van der Waals surface area contributed by atoms with Gasteiger partial charge in [-0.1, -0.05) is 6.92 Å². The largest absolute Gasteiger partial charge is 0.470 e. The summed E-state index contributed by atoms with van der Waals surface area (Å²) in [7, 11) is -1.52. The Morgan fingerprint density at radius 1 is 1.17 bits per heavy atom. The van der Waals surface area contributed by atoms with E-state index in [2.05, 4.69) is 24.8 Å². The van der Waals surface area contributed by atoms with E-state index in [-0.39, 0.29) is 33.5 Å². The van der Waals surface area contributed by atoms with Crippen LogP contribution < -0.4 is 10.5 Å². The minimum Gasteiger partial charge on any atom is -0.470 e. The summed E-state index contributed by atoms with van der Waals surface area (Å²) in [5, 5.41) is 4.31. The van der Waals surface area contributed by atoms with E-state index in [1.54, 1.807) is 6.92 Å². The second kappa shape index (κ2) is 7.50. The number of halogens is 5. The predicted octanol–water partition coefficient (Wildman–Crippen LogP) is 2.47. The van der Waals surface area contributed by atoms with Gasteiger partial charge in [-0.2, -0.15) is 31.6 Å². The lowest BCUT2D eigenvalue weighted by Crippen LogP contribution is -2.41. The SMILES string of the molecule is CCS(=O)c1nn2c(N)ccnc2c1-c1cnc(OCC(F)(F)C(F)(F)F)cn1. The molecular weight excluding hydrogens is 423 g/mol. The average molecular weight is 436 g/mol. The number of nitrogens with two attached hydrogens (primary N) is 1. The zero-order valence-corrected chi connectivity index (χ0v) is 15.5. The van der Waals surface area contributed by atoms with Crippen molar-refractivity contribution in [1.29, 1.82) is 0 Å². The maximum Gasteiger partial charge on any atom is 0.456 e. The molecule has 14 heteroatoms. The Morgan fingerprint density at radius 3 is 2.48 bits per heavy atom. The van der Waals surface area contributed by atoms with Crippen molar-refractivity contribution >= 4 is 22.3 Å². The molecule has 3 rings (SSSR count). The van der Waals surface area contributed by atoms with Gasteiger partial charge in [-0.15, -0.1) is 0 Å². The van der Waals surface area contributed by atoms with Crippen LogP contribution >= 0.6 is 0 Å². The monoisotopic (exact) mass is 436 g/mol. The molecule has 0 aromatic carbocycles. The molecular formula is C15H13F5N6O2S. The van der Waals surface area contributed by atoms with Crippen LogP contribution in [0.1, 0.15) is 6.92 Å². The van der Waals surface area contributed by atoms with E-state index in [4.69, 9.17) is 5.73 Å². The van der Waals surface area contributed by atoms with E-state index in [1.165, 1.54) is 16.8 Å². The summed E-state index contributed by atoms with van der Waals surface area (Å²) >= 11 is 0. The Kier molecular flexibility index (Phi) is 5.38. The molecule has 0 aliphatic carbocycles. The van der Waals surface area contributed by atoms with E-state index in [9.17, 15) is 26.2 Å². The van der Waals surface area contributed by atoms with Gasteiger partial charge in [0.2, 0.25) is 5.88 Å². The second-order valence-electron chi connectivity index (χ2n) is 5.65. The molecule has 156 valence electrons. The van der Waals surface area contributed by atoms with Gasteiger partial charge in [0.15, 0.2) is 17.3 Å². The van der Waals surface area contributed by atoms with Crippen LogP contribution in [0.15, 0.2) is 29.7 Å². The quantitative estimate of drug-likeness (QED) is 0.592. The predicted molar refractivity (Wildman–Crippen MR) is 91.9 cm³/mol. The molecule has 1 unspecified atom stereocenters. The molecule has 1 atom stereocenters. The van der Waals surface area contributed by atoms with Gasteiger partial charge in [0, 0.05) is 11.9 Å². The highest BCUT2D eigenvalue weighted by atomic mass is 32.2. The first-order valence-corrected chi connectivity index (χ1v) is 9.28. The van der Waals surface area contributed by atoms with Gasteiger partial charge < -0.3 is 10.5 Å². The number of alkyl halides is 5. The van der Waals surface area contributed by atoms with E-state index in [0.717, 1.165) is 12.4 Å². The molecule has 0 spiro atoms. The van der Waals surface area contributed by atoms with Gasteiger partial charge in [-0.3, -0.25) is 4.21 Å². The molecule has 0 bridgehead atoms. The molecule has 29 heavy (non-hydrogen) atoms. The minimum atomic E-state index is -5.75. The number of nitrogen functional groups attached to an aromatic ring is 1. The van der Waals surface area contributed by atoms with Crippen LogP contribution in [0.5, 0.6) is 5.88 Å². The van der Waals surface area contributed by atoms with Crippen LogP contribution in [0.4, 0.5) is 27.8 Å². The van der Waals surface area contributed by atoms with Crippen molar-refractivity contribution in [3.63, 3.8) is 0 Å². The van der Waals surface area contributed by atoms with Crippen LogP contribution in [0.3, 0.4) is 0 Å². The summed E-state index contributed by atoms with van der Waals surface area (Å²) in [4.78, 5) is 11.8. The Labute approximate surface area is 162 Å². The number of ether oxygens (including phenoxy) is 1. The molecule has 0 aliphatic rings. The summed E-state index contributed by atoms with van der Waals surface area (Å²) in [5.41, 5.74) is 6.43. The third-order valence-corrected chi connectivity index (χ3v) is 4.94. The second-order valence-corrected chi connectivity index (χ2v) is 7.31. The maximum atomic E-state index is 12.9. The lowest BCUT2D eigenvalue weighted by molar-refractivity contribution is -0.290. The molecule has 0 saturated carbocycles. The van der Waals surface area contributed by atoms with Gasteiger partial charge in [0.1, 0.15) is 5.82 Å². The van der Waals surface area contributed by atoms with E-state index < -0.39 is 35.4 Å². The average Bonchev–Trinajstić information content (AvgIpc) is 3.06. The number of aromatic nitrogens is 5. The van der Waals surface area contributed by atoms with E-state index >= 15 is 0 Å². The van der Waals surface area contributed by atoms with Crippen molar-refractivity contribution in [2.24, 2.45) is 0 Å². The number of hydrogen-bond acceptors (Lipinski definition) is 7. The first-order valence-electron chi connectivity index (χ1n) is 7.96. The lowest BCUT2D eigenvalue weighted by Gasteiger charge is -2.19. The highest BCUT2D eigenvalue weighted by molar-refractivity contribution is 7.85. The standard InChI is InChI=1S/C15H13F5N6O2S/c1-2-29(27)13-11(12-22-4-3-9(21)26(12)25-13)8-5-24-10(6-23-8)28-7-14(16,17)15(18,19)20/h3-6H,2,7,21H2,1H3. The zero-order chi connectivity index (χ0) is 21.4. The first-order chi connectivity index (χ1) is 13.5. The summed E-state index contributed by atoms with van der Waals surface area (Å²) < 4.78 is 80.5. The van der Waals surface area contributed by atoms with Crippen LogP contribution in [0.2, 0.25) is 0 Å². The minimum absolute atomic E-state index is 0.116. The number of anilines is 1. The molecule has 8 nitrogen and oxygen atoms in total. The summed E-state index contributed by atoms with van der Waals surface area (Å²) in [6, 6.07) is 1.48. The molecule has 0 amide bonds. The summed E-state index contributed by atoms with van der Waals surface area (Å²) in [6.07, 6.45) is -2.41. The van der Waals surface area contributed by atoms with Crippen molar-refractivity contribution in [2.45, 2.75) is 24.0 Å². The highest BCUT2D eigenvalue weighted by Crippen LogP contribution is 2.35. The zero-order valence-electron chi connectivity index (χ0n) is 14.7. The topological polar surface area (TPSA) is 108 Å². The Hall–Kier alpha value is -2.90. The summed E-state index contributed by atoms with van der Waals surface area (Å²) in [6.45, 7) is -0.269. The first kappa shape index (κ1) is 20.8. The molecule has 3 aromatic rings. The third kappa shape index (κ3) is 3.97. The fourth-order valence-corrected chi connectivity index (χ4v) is 3.10. The van der Waals surface area contributed by atoms with Crippen molar-refractivity contribution in [3.05, 3.63) is 24.7 Å². The van der Waals surface area contributed by atoms with Crippen molar-refractivity contribution in [2.75, 3.05) is 18.1 Å². The molecule has 0 saturated heterocycles. The fourth-order valence-electron chi connectivity index (χ4n) is 2.23. The summed E-state index contributed by atoms with van der Waals surface area (Å²) in [5.74, 6) is -5.13. The number of hydrogen-bond donors (Lipinski definition) is 1. The highest BCUT2D eigenvalue weighted by Gasteiger charge is 2.58. The number of rotatable bonds is 6. The molecule has 0 fully saturated rings. The third-order valence-electron chi connectivity index (χ3n) is 3.69. The van der Waals surface area contributed by atoms with E-state index in [0.29, 0.717) is 0 Å². The normalized spacial score (nSPS) is 13.6. The number of nitrogens with zero attached hydrogens (tertiary/aromatic N) is 5.